The molecule has 124 valence electrons. The maximum absolute atomic E-state index is 13.1. The fourth-order valence-corrected chi connectivity index (χ4v) is 2.79. The number of nitrogens with zero attached hydrogens (tertiary/aromatic N) is 2. The Balaban J connectivity index is 2.19. The molecule has 0 unspecified atom stereocenters. The van der Waals surface area contributed by atoms with E-state index in [1.165, 1.54) is 16.7 Å². The molecule has 0 amide bonds. The summed E-state index contributed by atoms with van der Waals surface area (Å²) in [4.78, 5) is 0. The third-order valence-corrected chi connectivity index (χ3v) is 4.14. The van der Waals surface area contributed by atoms with Gasteiger partial charge in [0.15, 0.2) is 10.6 Å². The van der Waals surface area contributed by atoms with Crippen molar-refractivity contribution in [1.82, 2.24) is 14.8 Å². The molecule has 0 bridgehead atoms. The standard InChI is InChI=1S/C15H8Cl2F3N3S/c16-9-3-1-8(2-4-9)13-21-22-14(24)23(13)10-5-6-12(17)11(7-10)15(18,19)20/h1-7H,(H,22,24). The number of H-pyrrole nitrogens is 1. The summed E-state index contributed by atoms with van der Waals surface area (Å²) in [6.07, 6.45) is -4.57. The number of alkyl halides is 3. The van der Waals surface area contributed by atoms with E-state index < -0.39 is 11.7 Å². The van der Waals surface area contributed by atoms with Crippen molar-refractivity contribution in [3.8, 4) is 17.1 Å². The summed E-state index contributed by atoms with van der Waals surface area (Å²) in [6.45, 7) is 0. The first kappa shape index (κ1) is 17.0. The van der Waals surface area contributed by atoms with E-state index in [1.54, 1.807) is 24.3 Å². The van der Waals surface area contributed by atoms with E-state index in [4.69, 9.17) is 35.4 Å². The zero-order valence-electron chi connectivity index (χ0n) is 11.7. The first-order valence-corrected chi connectivity index (χ1v) is 7.74. The molecule has 0 saturated carbocycles. The minimum atomic E-state index is -4.57. The van der Waals surface area contributed by atoms with Gasteiger partial charge in [-0.15, -0.1) is 0 Å². The molecule has 1 heterocycles. The van der Waals surface area contributed by atoms with Gasteiger partial charge in [0.2, 0.25) is 0 Å². The lowest BCUT2D eigenvalue weighted by atomic mass is 10.1. The molecule has 2 aromatic carbocycles. The van der Waals surface area contributed by atoms with E-state index in [-0.39, 0.29) is 15.5 Å². The quantitative estimate of drug-likeness (QED) is 0.551. The highest BCUT2D eigenvalue weighted by molar-refractivity contribution is 7.71. The van der Waals surface area contributed by atoms with Crippen LogP contribution in [-0.2, 0) is 6.18 Å². The summed E-state index contributed by atoms with van der Waals surface area (Å²) in [6, 6.07) is 10.3. The summed E-state index contributed by atoms with van der Waals surface area (Å²) in [7, 11) is 0. The van der Waals surface area contributed by atoms with Gasteiger partial charge in [-0.2, -0.15) is 18.3 Å². The van der Waals surface area contributed by atoms with Gasteiger partial charge in [0.05, 0.1) is 16.3 Å². The maximum Gasteiger partial charge on any atom is 0.417 e. The maximum atomic E-state index is 13.1. The molecule has 0 saturated heterocycles. The molecule has 0 aliphatic rings. The Morgan fingerprint density at radius 1 is 1.04 bits per heavy atom. The highest BCUT2D eigenvalue weighted by atomic mass is 35.5. The van der Waals surface area contributed by atoms with Crippen LogP contribution in [0.2, 0.25) is 10.0 Å². The van der Waals surface area contributed by atoms with Crippen LogP contribution in [0.5, 0.6) is 0 Å². The van der Waals surface area contributed by atoms with Crippen LogP contribution in [0.15, 0.2) is 42.5 Å². The van der Waals surface area contributed by atoms with E-state index in [0.29, 0.717) is 16.4 Å². The predicted octanol–water partition coefficient (Wildman–Crippen LogP) is 5.92. The fourth-order valence-electron chi connectivity index (χ4n) is 2.20. The zero-order valence-corrected chi connectivity index (χ0v) is 14.1. The third-order valence-electron chi connectivity index (χ3n) is 3.29. The van der Waals surface area contributed by atoms with Gasteiger partial charge in [-0.3, -0.25) is 9.67 Å². The van der Waals surface area contributed by atoms with Gasteiger partial charge in [0.1, 0.15) is 0 Å². The summed E-state index contributed by atoms with van der Waals surface area (Å²) in [5.41, 5.74) is -0.0856. The van der Waals surface area contributed by atoms with Crippen LogP contribution >= 0.6 is 35.4 Å². The lowest BCUT2D eigenvalue weighted by Crippen LogP contribution is -2.08. The van der Waals surface area contributed by atoms with Crippen molar-refractivity contribution in [2.45, 2.75) is 6.18 Å². The summed E-state index contributed by atoms with van der Waals surface area (Å²) in [5, 5.41) is 6.84. The van der Waals surface area contributed by atoms with E-state index in [1.807, 2.05) is 0 Å². The fraction of sp³-hybridized carbons (Fsp3) is 0.0667. The van der Waals surface area contributed by atoms with Crippen molar-refractivity contribution >= 4 is 35.4 Å². The van der Waals surface area contributed by atoms with Crippen molar-refractivity contribution in [3.63, 3.8) is 0 Å². The van der Waals surface area contributed by atoms with Crippen LogP contribution in [0.3, 0.4) is 0 Å². The van der Waals surface area contributed by atoms with Gasteiger partial charge in [0.25, 0.3) is 0 Å². The summed E-state index contributed by atoms with van der Waals surface area (Å²) in [5.74, 6) is 0.368. The lowest BCUT2D eigenvalue weighted by molar-refractivity contribution is -0.137. The van der Waals surface area contributed by atoms with Crippen LogP contribution in [0.1, 0.15) is 5.56 Å². The minimum absolute atomic E-state index is 0.162. The Morgan fingerprint density at radius 3 is 2.33 bits per heavy atom. The van der Waals surface area contributed by atoms with Crippen LogP contribution in [0.25, 0.3) is 17.1 Å². The second-order valence-corrected chi connectivity index (χ2v) is 6.09. The topological polar surface area (TPSA) is 33.6 Å². The molecule has 3 aromatic rings. The predicted molar refractivity (Wildman–Crippen MR) is 89.2 cm³/mol. The number of rotatable bonds is 2. The van der Waals surface area contributed by atoms with Crippen LogP contribution in [0.4, 0.5) is 13.2 Å². The molecule has 24 heavy (non-hydrogen) atoms. The molecule has 0 aliphatic carbocycles. The van der Waals surface area contributed by atoms with Crippen molar-refractivity contribution in [1.29, 1.82) is 0 Å². The van der Waals surface area contributed by atoms with Gasteiger partial charge in [-0.1, -0.05) is 23.2 Å². The van der Waals surface area contributed by atoms with Crippen LogP contribution in [0, 0.1) is 4.77 Å². The van der Waals surface area contributed by atoms with Gasteiger partial charge in [0, 0.05) is 10.6 Å². The average Bonchev–Trinajstić information content (AvgIpc) is 2.89. The molecule has 3 rings (SSSR count). The summed E-state index contributed by atoms with van der Waals surface area (Å²) >= 11 is 16.7. The van der Waals surface area contributed by atoms with E-state index in [2.05, 4.69) is 10.2 Å². The SMILES string of the molecule is FC(F)(F)c1cc(-n2c(-c3ccc(Cl)cc3)n[nH]c2=S)ccc1Cl. The highest BCUT2D eigenvalue weighted by Gasteiger charge is 2.33. The van der Waals surface area contributed by atoms with Crippen molar-refractivity contribution in [2.24, 2.45) is 0 Å². The van der Waals surface area contributed by atoms with Crippen molar-refractivity contribution in [3.05, 3.63) is 62.8 Å². The van der Waals surface area contributed by atoms with Crippen molar-refractivity contribution in [2.75, 3.05) is 0 Å². The Bertz CT molecular complexity index is 946. The average molecular weight is 390 g/mol. The Hall–Kier alpha value is -1.83. The van der Waals surface area contributed by atoms with Crippen molar-refractivity contribution < 1.29 is 13.2 Å². The first-order valence-electron chi connectivity index (χ1n) is 6.58. The van der Waals surface area contributed by atoms with E-state index in [9.17, 15) is 13.2 Å². The second kappa shape index (κ2) is 6.23. The van der Waals surface area contributed by atoms with Gasteiger partial charge in [-0.05, 0) is 54.7 Å². The van der Waals surface area contributed by atoms with E-state index >= 15 is 0 Å². The molecule has 0 radical (unpaired) electrons. The second-order valence-electron chi connectivity index (χ2n) is 4.86. The Morgan fingerprint density at radius 2 is 1.71 bits per heavy atom. The number of nitrogens with one attached hydrogen (secondary N) is 1. The van der Waals surface area contributed by atoms with E-state index in [0.717, 1.165) is 6.07 Å². The number of aromatic nitrogens is 3. The molecule has 0 fully saturated rings. The molecule has 9 heteroatoms. The number of benzene rings is 2. The molecule has 1 aromatic heterocycles. The van der Waals surface area contributed by atoms with Gasteiger partial charge < -0.3 is 0 Å². The van der Waals surface area contributed by atoms with Gasteiger partial charge in [-0.25, -0.2) is 0 Å². The number of hydrogen-bond donors (Lipinski definition) is 1. The Labute approximate surface area is 149 Å². The molecular formula is C15H8Cl2F3N3S. The smallest absolute Gasteiger partial charge is 0.268 e. The normalized spacial score (nSPS) is 11.7. The number of aromatic amines is 1. The molecule has 3 nitrogen and oxygen atoms in total. The molecule has 1 N–H and O–H groups in total. The largest absolute Gasteiger partial charge is 0.417 e. The minimum Gasteiger partial charge on any atom is -0.268 e. The zero-order chi connectivity index (χ0) is 17.5. The highest BCUT2D eigenvalue weighted by Crippen LogP contribution is 2.36. The monoisotopic (exact) mass is 389 g/mol. The van der Waals surface area contributed by atoms with Gasteiger partial charge >= 0.3 is 6.18 Å². The number of hydrogen-bond acceptors (Lipinski definition) is 2. The molecule has 0 spiro atoms. The van der Waals surface area contributed by atoms with Crippen LogP contribution < -0.4 is 0 Å². The van der Waals surface area contributed by atoms with Crippen LogP contribution in [-0.4, -0.2) is 14.8 Å². The first-order chi connectivity index (χ1) is 11.3. The molecule has 0 atom stereocenters. The lowest BCUT2D eigenvalue weighted by Gasteiger charge is -2.12. The summed E-state index contributed by atoms with van der Waals surface area (Å²) < 4.78 is 40.8. The Kier molecular flexibility index (Phi) is 4.42. The molecular weight excluding hydrogens is 382 g/mol. The third kappa shape index (κ3) is 3.19. The molecule has 0 aliphatic heterocycles. The number of halogens is 5.